The van der Waals surface area contributed by atoms with Gasteiger partial charge in [0, 0.05) is 6.42 Å². The molecule has 0 aromatic carbocycles. The Labute approximate surface area is 76.6 Å². The van der Waals surface area contributed by atoms with Crippen molar-refractivity contribution in [2.75, 3.05) is 0 Å². The molecule has 0 rings (SSSR count). The van der Waals surface area contributed by atoms with Crippen LogP contribution in [0.4, 0.5) is 0 Å². The number of unbranched alkanes of at least 4 members (excludes halogenated alkanes) is 1. The van der Waals surface area contributed by atoms with Gasteiger partial charge in [0.15, 0.2) is 0 Å². The summed E-state index contributed by atoms with van der Waals surface area (Å²) in [7, 11) is 0. The molecule has 1 nitrogen and oxygen atoms in total. The summed E-state index contributed by atoms with van der Waals surface area (Å²) in [4.78, 5) is 10.6. The quantitative estimate of drug-likeness (QED) is 0.571. The van der Waals surface area contributed by atoms with Crippen LogP contribution in [0.1, 0.15) is 59.3 Å². The second-order valence-electron chi connectivity index (χ2n) is 3.84. The predicted molar refractivity (Wildman–Crippen MR) is 53.2 cm³/mol. The van der Waals surface area contributed by atoms with Crippen LogP contribution in [0.3, 0.4) is 0 Å². The molecule has 1 atom stereocenters. The maximum absolute atomic E-state index is 10.6. The van der Waals surface area contributed by atoms with Gasteiger partial charge in [0.05, 0.1) is 0 Å². The molecule has 0 saturated carbocycles. The molecule has 0 aliphatic carbocycles. The summed E-state index contributed by atoms with van der Waals surface area (Å²) in [6.07, 6.45) is 7.03. The van der Waals surface area contributed by atoms with Crippen molar-refractivity contribution in [3.63, 3.8) is 0 Å². The molecule has 72 valence electrons. The van der Waals surface area contributed by atoms with Gasteiger partial charge in [-0.3, -0.25) is 0 Å². The molecule has 0 radical (unpaired) electrons. The molecule has 0 amide bonds. The standard InChI is InChI=1S/C11H22O/c1-4-5-7-10(2)8-6-9-11(3)12/h10H,4-9H2,1-3H3. The molecule has 12 heavy (non-hydrogen) atoms. The molecular weight excluding hydrogens is 148 g/mol. The average Bonchev–Trinajstić information content (AvgIpc) is 2.00. The van der Waals surface area contributed by atoms with E-state index in [1.165, 1.54) is 25.7 Å². The first kappa shape index (κ1) is 11.7. The van der Waals surface area contributed by atoms with Crippen molar-refractivity contribution in [3.05, 3.63) is 0 Å². The second kappa shape index (κ2) is 7.33. The van der Waals surface area contributed by atoms with Crippen LogP contribution in [0.5, 0.6) is 0 Å². The van der Waals surface area contributed by atoms with E-state index < -0.39 is 0 Å². The summed E-state index contributed by atoms with van der Waals surface area (Å²) < 4.78 is 0. The molecular formula is C11H22O. The van der Waals surface area contributed by atoms with Crippen LogP contribution in [0, 0.1) is 5.92 Å². The Balaban J connectivity index is 3.19. The first-order chi connectivity index (χ1) is 5.66. The number of Topliss-reactive ketones (excluding diaryl/α,β-unsaturated/α-hetero) is 1. The van der Waals surface area contributed by atoms with E-state index in [4.69, 9.17) is 0 Å². The molecule has 0 aliphatic heterocycles. The Hall–Kier alpha value is -0.330. The summed E-state index contributed by atoms with van der Waals surface area (Å²) in [5.74, 6) is 1.14. The van der Waals surface area contributed by atoms with E-state index in [0.29, 0.717) is 5.78 Å². The molecule has 0 aromatic rings. The highest BCUT2D eigenvalue weighted by molar-refractivity contribution is 5.75. The van der Waals surface area contributed by atoms with E-state index >= 15 is 0 Å². The second-order valence-corrected chi connectivity index (χ2v) is 3.84. The molecule has 0 fully saturated rings. The zero-order valence-corrected chi connectivity index (χ0v) is 8.73. The highest BCUT2D eigenvalue weighted by atomic mass is 16.1. The summed E-state index contributed by atoms with van der Waals surface area (Å²) in [5, 5.41) is 0. The summed E-state index contributed by atoms with van der Waals surface area (Å²) in [5.41, 5.74) is 0. The summed E-state index contributed by atoms with van der Waals surface area (Å²) in [6, 6.07) is 0. The SMILES string of the molecule is CCCCC(C)CCCC(C)=O. The molecule has 0 bridgehead atoms. The van der Waals surface area contributed by atoms with Crippen LogP contribution < -0.4 is 0 Å². The molecule has 0 saturated heterocycles. The fraction of sp³-hybridized carbons (Fsp3) is 0.909. The highest BCUT2D eigenvalue weighted by Gasteiger charge is 2.01. The largest absolute Gasteiger partial charge is 0.300 e. The number of carbonyl (C=O) groups excluding carboxylic acids is 1. The Kier molecular flexibility index (Phi) is 7.12. The van der Waals surface area contributed by atoms with Crippen molar-refractivity contribution in [3.8, 4) is 0 Å². The zero-order chi connectivity index (χ0) is 9.40. The van der Waals surface area contributed by atoms with Crippen LogP contribution >= 0.6 is 0 Å². The third kappa shape index (κ3) is 7.77. The normalized spacial score (nSPS) is 12.9. The van der Waals surface area contributed by atoms with E-state index in [9.17, 15) is 4.79 Å². The van der Waals surface area contributed by atoms with Gasteiger partial charge in [-0.15, -0.1) is 0 Å². The van der Waals surface area contributed by atoms with Crippen molar-refractivity contribution < 1.29 is 4.79 Å². The number of carbonyl (C=O) groups is 1. The minimum Gasteiger partial charge on any atom is -0.300 e. The van der Waals surface area contributed by atoms with Crippen LogP contribution in [0.15, 0.2) is 0 Å². The van der Waals surface area contributed by atoms with Crippen molar-refractivity contribution in [1.82, 2.24) is 0 Å². The van der Waals surface area contributed by atoms with Crippen molar-refractivity contribution in [2.45, 2.75) is 59.3 Å². The lowest BCUT2D eigenvalue weighted by molar-refractivity contribution is -0.117. The Morgan fingerprint density at radius 3 is 2.33 bits per heavy atom. The third-order valence-electron chi connectivity index (χ3n) is 2.28. The van der Waals surface area contributed by atoms with Gasteiger partial charge >= 0.3 is 0 Å². The summed E-state index contributed by atoms with van der Waals surface area (Å²) >= 11 is 0. The molecule has 0 aromatic heterocycles. The van der Waals surface area contributed by atoms with Crippen molar-refractivity contribution in [1.29, 1.82) is 0 Å². The molecule has 0 spiro atoms. The Morgan fingerprint density at radius 2 is 1.83 bits per heavy atom. The van der Waals surface area contributed by atoms with E-state index in [2.05, 4.69) is 13.8 Å². The minimum absolute atomic E-state index is 0.331. The number of hydrogen-bond donors (Lipinski definition) is 0. The lowest BCUT2D eigenvalue weighted by Crippen LogP contribution is -1.97. The maximum atomic E-state index is 10.6. The number of rotatable bonds is 7. The predicted octanol–water partition coefficient (Wildman–Crippen LogP) is 3.57. The zero-order valence-electron chi connectivity index (χ0n) is 8.73. The van der Waals surface area contributed by atoms with E-state index in [1.807, 2.05) is 0 Å². The fourth-order valence-electron chi connectivity index (χ4n) is 1.40. The van der Waals surface area contributed by atoms with Crippen LogP contribution in [-0.2, 0) is 4.79 Å². The van der Waals surface area contributed by atoms with E-state index in [-0.39, 0.29) is 0 Å². The first-order valence-electron chi connectivity index (χ1n) is 5.16. The Morgan fingerprint density at radius 1 is 1.25 bits per heavy atom. The monoisotopic (exact) mass is 170 g/mol. The lowest BCUT2D eigenvalue weighted by Gasteiger charge is -2.08. The fourth-order valence-corrected chi connectivity index (χ4v) is 1.40. The first-order valence-corrected chi connectivity index (χ1v) is 5.16. The number of ketones is 1. The van der Waals surface area contributed by atoms with Gasteiger partial charge in [0.1, 0.15) is 5.78 Å². The minimum atomic E-state index is 0.331. The van der Waals surface area contributed by atoms with Crippen molar-refractivity contribution >= 4 is 5.78 Å². The molecule has 1 unspecified atom stereocenters. The van der Waals surface area contributed by atoms with Gasteiger partial charge in [-0.05, 0) is 19.3 Å². The van der Waals surface area contributed by atoms with Crippen molar-refractivity contribution in [2.24, 2.45) is 5.92 Å². The Bertz CT molecular complexity index is 118. The smallest absolute Gasteiger partial charge is 0.129 e. The third-order valence-corrected chi connectivity index (χ3v) is 2.28. The highest BCUT2D eigenvalue weighted by Crippen LogP contribution is 2.14. The van der Waals surface area contributed by atoms with Gasteiger partial charge in [0.25, 0.3) is 0 Å². The molecule has 0 N–H and O–H groups in total. The number of hydrogen-bond acceptors (Lipinski definition) is 1. The average molecular weight is 170 g/mol. The van der Waals surface area contributed by atoms with E-state index in [1.54, 1.807) is 6.92 Å². The topological polar surface area (TPSA) is 17.1 Å². The van der Waals surface area contributed by atoms with Gasteiger partial charge in [0.2, 0.25) is 0 Å². The van der Waals surface area contributed by atoms with Crippen LogP contribution in [-0.4, -0.2) is 5.78 Å². The lowest BCUT2D eigenvalue weighted by atomic mass is 9.97. The molecule has 0 heterocycles. The van der Waals surface area contributed by atoms with E-state index in [0.717, 1.165) is 18.8 Å². The summed E-state index contributed by atoms with van der Waals surface area (Å²) in [6.45, 7) is 6.19. The molecule has 0 aliphatic rings. The van der Waals surface area contributed by atoms with Gasteiger partial charge in [-0.1, -0.05) is 39.5 Å². The van der Waals surface area contributed by atoms with Crippen LogP contribution in [0.2, 0.25) is 0 Å². The maximum Gasteiger partial charge on any atom is 0.129 e. The molecule has 1 heteroatoms. The van der Waals surface area contributed by atoms with Gasteiger partial charge < -0.3 is 4.79 Å². The van der Waals surface area contributed by atoms with Crippen LogP contribution in [0.25, 0.3) is 0 Å². The van der Waals surface area contributed by atoms with Gasteiger partial charge in [-0.2, -0.15) is 0 Å². The van der Waals surface area contributed by atoms with Gasteiger partial charge in [-0.25, -0.2) is 0 Å².